The van der Waals surface area contributed by atoms with Gasteiger partial charge in [-0.2, -0.15) is 0 Å². The molecule has 0 atom stereocenters. The standard InChI is InChI=1S/C10H12O2/c1-3-5-8(2)10(11)9-6-4-7-12-9/h4,6-7H,2-3,5H2,1H3. The average Bonchev–Trinajstić information content (AvgIpc) is 2.55. The van der Waals surface area contributed by atoms with Crippen LogP contribution < -0.4 is 0 Å². The highest BCUT2D eigenvalue weighted by Gasteiger charge is 2.11. The van der Waals surface area contributed by atoms with Crippen molar-refractivity contribution >= 4 is 5.78 Å². The molecule has 0 fully saturated rings. The number of furan rings is 1. The largest absolute Gasteiger partial charge is 0.461 e. The fraction of sp³-hybridized carbons (Fsp3) is 0.300. The molecule has 0 radical (unpaired) electrons. The summed E-state index contributed by atoms with van der Waals surface area (Å²) in [6, 6.07) is 3.36. The highest BCUT2D eigenvalue weighted by Crippen LogP contribution is 2.11. The third-order valence-corrected chi connectivity index (χ3v) is 1.62. The zero-order chi connectivity index (χ0) is 8.97. The monoisotopic (exact) mass is 164 g/mol. The van der Waals surface area contributed by atoms with Gasteiger partial charge in [0, 0.05) is 0 Å². The Bertz CT molecular complexity index is 270. The first kappa shape index (κ1) is 8.78. The van der Waals surface area contributed by atoms with Gasteiger partial charge in [-0.15, -0.1) is 0 Å². The predicted molar refractivity (Wildman–Crippen MR) is 47.1 cm³/mol. The molecule has 0 saturated carbocycles. The summed E-state index contributed by atoms with van der Waals surface area (Å²) < 4.78 is 4.95. The molecule has 0 aromatic carbocycles. The molecule has 0 aliphatic rings. The van der Waals surface area contributed by atoms with Gasteiger partial charge in [0.05, 0.1) is 6.26 Å². The molecule has 0 spiro atoms. The normalized spacial score (nSPS) is 9.75. The molecule has 64 valence electrons. The first-order valence-electron chi connectivity index (χ1n) is 4.01. The Morgan fingerprint density at radius 3 is 2.92 bits per heavy atom. The van der Waals surface area contributed by atoms with Crippen LogP contribution in [0.5, 0.6) is 0 Å². The minimum atomic E-state index is -0.0816. The number of allylic oxidation sites excluding steroid dienone is 1. The number of rotatable bonds is 4. The lowest BCUT2D eigenvalue weighted by molar-refractivity contribution is 0.100. The zero-order valence-electron chi connectivity index (χ0n) is 7.17. The minimum absolute atomic E-state index is 0.0816. The molecular weight excluding hydrogens is 152 g/mol. The molecule has 1 aromatic rings. The molecule has 0 bridgehead atoms. The quantitative estimate of drug-likeness (QED) is 0.506. The van der Waals surface area contributed by atoms with E-state index in [4.69, 9.17) is 4.42 Å². The van der Waals surface area contributed by atoms with Gasteiger partial charge in [0.25, 0.3) is 0 Å². The minimum Gasteiger partial charge on any atom is -0.461 e. The fourth-order valence-corrected chi connectivity index (χ4v) is 0.997. The van der Waals surface area contributed by atoms with Gasteiger partial charge < -0.3 is 4.42 Å². The molecule has 0 unspecified atom stereocenters. The van der Waals surface area contributed by atoms with Crippen molar-refractivity contribution in [2.24, 2.45) is 0 Å². The zero-order valence-corrected chi connectivity index (χ0v) is 7.17. The van der Waals surface area contributed by atoms with Crippen molar-refractivity contribution in [3.63, 3.8) is 0 Å². The van der Waals surface area contributed by atoms with Crippen LogP contribution in [-0.2, 0) is 0 Å². The molecule has 0 aliphatic heterocycles. The van der Waals surface area contributed by atoms with Crippen LogP contribution in [0.15, 0.2) is 35.0 Å². The lowest BCUT2D eigenvalue weighted by atomic mass is 10.1. The second kappa shape index (κ2) is 3.90. The lowest BCUT2D eigenvalue weighted by Gasteiger charge is -1.98. The molecule has 1 heterocycles. The van der Waals surface area contributed by atoms with Crippen LogP contribution in [0.4, 0.5) is 0 Å². The van der Waals surface area contributed by atoms with Gasteiger partial charge in [0.15, 0.2) is 5.76 Å². The molecule has 0 saturated heterocycles. The summed E-state index contributed by atoms with van der Waals surface area (Å²) in [5.74, 6) is 0.301. The van der Waals surface area contributed by atoms with E-state index in [-0.39, 0.29) is 5.78 Å². The van der Waals surface area contributed by atoms with Crippen LogP contribution in [0.25, 0.3) is 0 Å². The van der Waals surface area contributed by atoms with Crippen molar-refractivity contribution in [2.75, 3.05) is 0 Å². The Kier molecular flexibility index (Phi) is 2.86. The van der Waals surface area contributed by atoms with Crippen LogP contribution in [0, 0.1) is 0 Å². The first-order chi connectivity index (χ1) is 5.75. The average molecular weight is 164 g/mol. The summed E-state index contributed by atoms with van der Waals surface area (Å²) in [6.45, 7) is 5.71. The summed E-state index contributed by atoms with van der Waals surface area (Å²) in [4.78, 5) is 11.4. The van der Waals surface area contributed by atoms with Crippen LogP contribution in [0.2, 0.25) is 0 Å². The Balaban J connectivity index is 2.66. The van der Waals surface area contributed by atoms with Crippen molar-refractivity contribution in [3.05, 3.63) is 36.3 Å². The maximum absolute atomic E-state index is 11.4. The van der Waals surface area contributed by atoms with Crippen molar-refractivity contribution in [1.29, 1.82) is 0 Å². The van der Waals surface area contributed by atoms with Crippen molar-refractivity contribution in [1.82, 2.24) is 0 Å². The number of Topliss-reactive ketones (excluding diaryl/α,β-unsaturated/α-hetero) is 1. The maximum Gasteiger partial charge on any atom is 0.223 e. The van der Waals surface area contributed by atoms with Gasteiger partial charge in [-0.3, -0.25) is 4.79 Å². The van der Waals surface area contributed by atoms with E-state index in [2.05, 4.69) is 6.58 Å². The predicted octanol–water partition coefficient (Wildman–Crippen LogP) is 2.82. The van der Waals surface area contributed by atoms with E-state index >= 15 is 0 Å². The molecule has 0 amide bonds. The molecule has 1 rings (SSSR count). The summed E-state index contributed by atoms with van der Waals surface area (Å²) in [5, 5.41) is 0. The van der Waals surface area contributed by atoms with Crippen LogP contribution >= 0.6 is 0 Å². The smallest absolute Gasteiger partial charge is 0.223 e. The lowest BCUT2D eigenvalue weighted by Crippen LogP contribution is -2.00. The van der Waals surface area contributed by atoms with E-state index < -0.39 is 0 Å². The Labute approximate surface area is 71.9 Å². The molecule has 1 aromatic heterocycles. The van der Waals surface area contributed by atoms with E-state index in [0.717, 1.165) is 12.8 Å². The topological polar surface area (TPSA) is 30.2 Å². The molecule has 2 heteroatoms. The summed E-state index contributed by atoms with van der Waals surface area (Å²) in [5.41, 5.74) is 0.618. The van der Waals surface area contributed by atoms with Crippen molar-refractivity contribution in [3.8, 4) is 0 Å². The van der Waals surface area contributed by atoms with E-state index in [0.29, 0.717) is 11.3 Å². The van der Waals surface area contributed by atoms with Gasteiger partial charge >= 0.3 is 0 Å². The summed E-state index contributed by atoms with van der Waals surface area (Å²) in [7, 11) is 0. The number of carbonyl (C=O) groups is 1. The van der Waals surface area contributed by atoms with Crippen molar-refractivity contribution < 1.29 is 9.21 Å². The summed E-state index contributed by atoms with van der Waals surface area (Å²) in [6.07, 6.45) is 3.16. The number of hydrogen-bond donors (Lipinski definition) is 0. The Morgan fingerprint density at radius 1 is 1.67 bits per heavy atom. The van der Waals surface area contributed by atoms with Gasteiger partial charge in [-0.25, -0.2) is 0 Å². The van der Waals surface area contributed by atoms with Gasteiger partial charge in [-0.05, 0) is 24.1 Å². The highest BCUT2D eigenvalue weighted by molar-refractivity contribution is 6.06. The number of ketones is 1. The van der Waals surface area contributed by atoms with E-state index in [1.807, 2.05) is 6.92 Å². The Hall–Kier alpha value is -1.31. The van der Waals surface area contributed by atoms with Crippen LogP contribution in [-0.4, -0.2) is 5.78 Å². The SMILES string of the molecule is C=C(CCC)C(=O)c1ccco1. The molecular formula is C10H12O2. The maximum atomic E-state index is 11.4. The second-order valence-electron chi connectivity index (χ2n) is 2.66. The van der Waals surface area contributed by atoms with Crippen LogP contribution in [0.3, 0.4) is 0 Å². The van der Waals surface area contributed by atoms with E-state index in [1.54, 1.807) is 12.1 Å². The van der Waals surface area contributed by atoms with Crippen molar-refractivity contribution in [2.45, 2.75) is 19.8 Å². The Morgan fingerprint density at radius 2 is 2.42 bits per heavy atom. The molecule has 12 heavy (non-hydrogen) atoms. The van der Waals surface area contributed by atoms with E-state index in [9.17, 15) is 4.79 Å². The third kappa shape index (κ3) is 1.84. The third-order valence-electron chi connectivity index (χ3n) is 1.62. The molecule has 0 N–H and O–H groups in total. The first-order valence-corrected chi connectivity index (χ1v) is 4.01. The second-order valence-corrected chi connectivity index (χ2v) is 2.66. The van der Waals surface area contributed by atoms with Gasteiger partial charge in [0.2, 0.25) is 5.78 Å². The molecule has 2 nitrogen and oxygen atoms in total. The van der Waals surface area contributed by atoms with Gasteiger partial charge in [0.1, 0.15) is 0 Å². The highest BCUT2D eigenvalue weighted by atomic mass is 16.3. The number of carbonyl (C=O) groups excluding carboxylic acids is 1. The summed E-state index contributed by atoms with van der Waals surface area (Å²) >= 11 is 0. The van der Waals surface area contributed by atoms with Crippen LogP contribution in [0.1, 0.15) is 30.3 Å². The number of hydrogen-bond acceptors (Lipinski definition) is 2. The van der Waals surface area contributed by atoms with Gasteiger partial charge in [-0.1, -0.05) is 19.9 Å². The fourth-order valence-electron chi connectivity index (χ4n) is 0.997. The van der Waals surface area contributed by atoms with E-state index in [1.165, 1.54) is 6.26 Å². The molecule has 0 aliphatic carbocycles.